The molecule has 0 aliphatic rings. The number of amides is 1. The van der Waals surface area contributed by atoms with Gasteiger partial charge >= 0.3 is 0 Å². The van der Waals surface area contributed by atoms with Crippen molar-refractivity contribution in [1.29, 1.82) is 5.26 Å². The van der Waals surface area contributed by atoms with Gasteiger partial charge < -0.3 is 15.5 Å². The van der Waals surface area contributed by atoms with E-state index in [-0.39, 0.29) is 11.4 Å². The molecule has 0 radical (unpaired) electrons. The molecule has 142 valence electrons. The van der Waals surface area contributed by atoms with E-state index >= 15 is 0 Å². The predicted octanol–water partition coefficient (Wildman–Crippen LogP) is 1.13. The topological polar surface area (TPSA) is 128 Å². The summed E-state index contributed by atoms with van der Waals surface area (Å²) in [6.07, 6.45) is -0.149. The summed E-state index contributed by atoms with van der Waals surface area (Å²) in [5, 5.41) is 28.9. The number of aromatic nitrogens is 1. The molecule has 27 heavy (non-hydrogen) atoms. The maximum Gasteiger partial charge on any atom is 0.277 e. The van der Waals surface area contributed by atoms with Crippen LogP contribution in [0.25, 0.3) is 0 Å². The highest BCUT2D eigenvalue weighted by atomic mass is 19.2. The lowest BCUT2D eigenvalue weighted by Gasteiger charge is -2.14. The van der Waals surface area contributed by atoms with Gasteiger partial charge in [0.05, 0.1) is 29.7 Å². The fraction of sp³-hybridized carbons (Fsp3) is 0.188. The second kappa shape index (κ2) is 8.95. The summed E-state index contributed by atoms with van der Waals surface area (Å²) in [7, 11) is 0. The van der Waals surface area contributed by atoms with Crippen molar-refractivity contribution in [1.82, 2.24) is 10.5 Å². The van der Waals surface area contributed by atoms with Gasteiger partial charge in [0.15, 0.2) is 17.5 Å². The summed E-state index contributed by atoms with van der Waals surface area (Å²) in [6.45, 7) is -1.12. The van der Waals surface area contributed by atoms with Crippen LogP contribution in [0.4, 0.5) is 24.5 Å². The second-order valence-corrected chi connectivity index (χ2v) is 5.16. The first-order valence-corrected chi connectivity index (χ1v) is 7.39. The van der Waals surface area contributed by atoms with Gasteiger partial charge in [0, 0.05) is 0 Å². The Morgan fingerprint density at radius 2 is 2.07 bits per heavy atom. The van der Waals surface area contributed by atoms with Gasteiger partial charge in [-0.2, -0.15) is 5.26 Å². The molecule has 0 saturated carbocycles. The van der Waals surface area contributed by atoms with Gasteiger partial charge in [-0.3, -0.25) is 9.63 Å². The van der Waals surface area contributed by atoms with Crippen LogP contribution in [0.15, 0.2) is 24.4 Å². The van der Waals surface area contributed by atoms with E-state index in [1.54, 1.807) is 6.07 Å². The maximum atomic E-state index is 14.2. The van der Waals surface area contributed by atoms with Crippen molar-refractivity contribution in [2.45, 2.75) is 6.10 Å². The highest BCUT2D eigenvalue weighted by Gasteiger charge is 2.23. The Hall–Kier alpha value is -3.20. The number of pyridine rings is 1. The Kier molecular flexibility index (Phi) is 6.67. The largest absolute Gasteiger partial charge is 0.394 e. The van der Waals surface area contributed by atoms with Crippen molar-refractivity contribution in [3.8, 4) is 6.07 Å². The number of nitrogens with one attached hydrogen (secondary N) is 2. The average molecular weight is 382 g/mol. The molecule has 11 heteroatoms. The van der Waals surface area contributed by atoms with Gasteiger partial charge in [-0.1, -0.05) is 0 Å². The monoisotopic (exact) mass is 382 g/mol. The molecule has 0 fully saturated rings. The van der Waals surface area contributed by atoms with Crippen LogP contribution < -0.4 is 10.8 Å². The number of hydrogen-bond acceptors (Lipinski definition) is 7. The number of hydroxylamine groups is 1. The zero-order valence-electron chi connectivity index (χ0n) is 13.5. The Bertz CT molecular complexity index is 871. The van der Waals surface area contributed by atoms with Crippen molar-refractivity contribution in [2.75, 3.05) is 18.5 Å². The summed E-state index contributed by atoms with van der Waals surface area (Å²) in [4.78, 5) is 20.5. The number of carbonyl (C=O) groups excluding carboxylic acids is 1. The van der Waals surface area contributed by atoms with Gasteiger partial charge in [0.1, 0.15) is 24.5 Å². The number of rotatable bonds is 7. The lowest BCUT2D eigenvalue weighted by Crippen LogP contribution is -2.30. The van der Waals surface area contributed by atoms with Crippen molar-refractivity contribution in [2.24, 2.45) is 0 Å². The molecule has 1 aromatic carbocycles. The summed E-state index contributed by atoms with van der Waals surface area (Å²) in [6, 6.07) is 4.84. The molecule has 1 amide bonds. The van der Waals surface area contributed by atoms with Crippen LogP contribution >= 0.6 is 0 Å². The predicted molar refractivity (Wildman–Crippen MR) is 85.1 cm³/mol. The quantitative estimate of drug-likeness (QED) is 0.417. The average Bonchev–Trinajstić information content (AvgIpc) is 2.68. The van der Waals surface area contributed by atoms with Crippen LogP contribution in [0.3, 0.4) is 0 Å². The van der Waals surface area contributed by atoms with E-state index < -0.39 is 53.9 Å². The Morgan fingerprint density at radius 1 is 1.33 bits per heavy atom. The molecular weight excluding hydrogens is 369 g/mol. The molecule has 1 aromatic heterocycles. The first-order valence-electron chi connectivity index (χ1n) is 7.39. The Morgan fingerprint density at radius 3 is 2.67 bits per heavy atom. The number of carbonyl (C=O) groups is 1. The van der Waals surface area contributed by atoms with E-state index in [4.69, 9.17) is 15.5 Å². The molecule has 1 atom stereocenters. The first kappa shape index (κ1) is 20.1. The molecule has 2 rings (SSSR count). The third-order valence-corrected chi connectivity index (χ3v) is 3.21. The fourth-order valence-corrected chi connectivity index (χ4v) is 1.89. The maximum absolute atomic E-state index is 14.2. The molecule has 0 aliphatic heterocycles. The summed E-state index contributed by atoms with van der Waals surface area (Å²) >= 11 is 0. The van der Waals surface area contributed by atoms with Crippen molar-refractivity contribution in [3.05, 3.63) is 53.1 Å². The smallest absolute Gasteiger partial charge is 0.277 e. The first-order chi connectivity index (χ1) is 12.9. The minimum atomic E-state index is -1.80. The van der Waals surface area contributed by atoms with Crippen LogP contribution in [0.1, 0.15) is 16.1 Å². The van der Waals surface area contributed by atoms with E-state index in [1.807, 2.05) is 5.48 Å². The van der Waals surface area contributed by atoms with Crippen molar-refractivity contribution >= 4 is 17.3 Å². The lowest BCUT2D eigenvalue weighted by atomic mass is 10.1. The zero-order valence-corrected chi connectivity index (χ0v) is 13.5. The van der Waals surface area contributed by atoms with Crippen LogP contribution in [-0.2, 0) is 4.84 Å². The molecule has 4 N–H and O–H groups in total. The van der Waals surface area contributed by atoms with E-state index in [1.165, 1.54) is 12.1 Å². The van der Waals surface area contributed by atoms with Crippen LogP contribution in [0.2, 0.25) is 0 Å². The van der Waals surface area contributed by atoms with Gasteiger partial charge in [-0.05, 0) is 18.2 Å². The van der Waals surface area contributed by atoms with E-state index in [0.717, 1.165) is 6.20 Å². The molecular formula is C16H13F3N4O4. The number of aliphatic hydroxyl groups excluding tert-OH is 2. The second-order valence-electron chi connectivity index (χ2n) is 5.16. The fourth-order valence-electron chi connectivity index (χ4n) is 1.89. The van der Waals surface area contributed by atoms with E-state index in [0.29, 0.717) is 6.07 Å². The third kappa shape index (κ3) is 4.91. The normalized spacial score (nSPS) is 11.6. The highest BCUT2D eigenvalue weighted by molar-refractivity contribution is 6.00. The molecule has 0 aliphatic carbocycles. The minimum Gasteiger partial charge on any atom is -0.394 e. The van der Waals surface area contributed by atoms with Gasteiger partial charge in [0.25, 0.3) is 5.91 Å². The van der Waals surface area contributed by atoms with Crippen molar-refractivity contribution in [3.63, 3.8) is 0 Å². The van der Waals surface area contributed by atoms with Gasteiger partial charge in [-0.15, -0.1) is 0 Å². The zero-order chi connectivity index (χ0) is 20.0. The number of halogens is 3. The molecule has 1 heterocycles. The number of aliphatic hydroxyl groups is 2. The van der Waals surface area contributed by atoms with Crippen molar-refractivity contribution < 1.29 is 33.0 Å². The number of nitrogens with zero attached hydrogens (tertiary/aromatic N) is 2. The highest BCUT2D eigenvalue weighted by Crippen LogP contribution is 2.28. The van der Waals surface area contributed by atoms with E-state index in [9.17, 15) is 18.0 Å². The molecule has 8 nitrogen and oxygen atoms in total. The Labute approximate surface area is 150 Å². The number of hydrogen-bond donors (Lipinski definition) is 4. The number of nitriles is 1. The molecule has 0 bridgehead atoms. The van der Waals surface area contributed by atoms with Crippen LogP contribution in [0, 0.1) is 28.8 Å². The van der Waals surface area contributed by atoms with Crippen LogP contribution in [0.5, 0.6) is 0 Å². The Balaban J connectivity index is 2.30. The molecule has 0 spiro atoms. The van der Waals surface area contributed by atoms with Crippen LogP contribution in [-0.4, -0.2) is 40.4 Å². The number of anilines is 2. The summed E-state index contributed by atoms with van der Waals surface area (Å²) in [5.74, 6) is -6.19. The van der Waals surface area contributed by atoms with Gasteiger partial charge in [0.2, 0.25) is 0 Å². The lowest BCUT2D eigenvalue weighted by molar-refractivity contribution is -0.0295. The molecule has 0 unspecified atom stereocenters. The third-order valence-electron chi connectivity index (χ3n) is 3.21. The SMILES string of the molecule is N#Cc1ccc(Nc2c(C(=O)NOC[C@H](O)CO)cc(F)c(F)c2F)cn1. The summed E-state index contributed by atoms with van der Waals surface area (Å²) in [5.41, 5.74) is 0.668. The molecule has 2 aromatic rings. The summed E-state index contributed by atoms with van der Waals surface area (Å²) < 4.78 is 41.3. The number of benzene rings is 1. The molecule has 0 saturated heterocycles. The van der Waals surface area contributed by atoms with Gasteiger partial charge in [-0.25, -0.2) is 23.6 Å². The standard InChI is InChI=1S/C16H13F3N4O4/c17-12-3-11(16(26)23-27-7-10(25)6-24)15(14(19)13(12)18)22-9-2-1-8(4-20)21-5-9/h1-3,5,10,22,24-25H,6-7H2,(H,23,26)/t10-/m1/s1. The van der Waals surface area contributed by atoms with E-state index in [2.05, 4.69) is 15.1 Å². The minimum absolute atomic E-state index is 0.0696.